The molecule has 7 nitrogen and oxygen atoms in total. The van der Waals surface area contributed by atoms with Gasteiger partial charge in [-0.05, 0) is 84.2 Å². The minimum absolute atomic E-state index is 0. The average molecular weight is 546 g/mol. The normalized spacial score (nSPS) is 17.5. The Morgan fingerprint density at radius 1 is 1.23 bits per heavy atom. The van der Waals surface area contributed by atoms with Crippen molar-refractivity contribution in [2.24, 2.45) is 10.9 Å². The summed E-state index contributed by atoms with van der Waals surface area (Å²) in [6, 6.07) is 7.85. The van der Waals surface area contributed by atoms with Crippen LogP contribution in [0.5, 0.6) is 0 Å². The van der Waals surface area contributed by atoms with Crippen LogP contribution in [0.4, 0.5) is 10.5 Å². The molecule has 1 atom stereocenters. The smallest absolute Gasteiger partial charge is 0.412 e. The van der Waals surface area contributed by atoms with E-state index in [0.717, 1.165) is 44.2 Å². The van der Waals surface area contributed by atoms with Crippen LogP contribution in [0.25, 0.3) is 0 Å². The van der Waals surface area contributed by atoms with Gasteiger partial charge in [0.2, 0.25) is 0 Å². The highest BCUT2D eigenvalue weighted by Gasteiger charge is 2.17. The van der Waals surface area contributed by atoms with Gasteiger partial charge >= 0.3 is 6.09 Å². The molecule has 0 radical (unpaired) electrons. The lowest BCUT2D eigenvalue weighted by Crippen LogP contribution is -2.39. The molecule has 31 heavy (non-hydrogen) atoms. The number of hydrogen-bond acceptors (Lipinski definition) is 4. The van der Waals surface area contributed by atoms with Crippen molar-refractivity contribution < 1.29 is 9.53 Å². The van der Waals surface area contributed by atoms with E-state index in [9.17, 15) is 4.79 Å². The van der Waals surface area contributed by atoms with Crippen LogP contribution in [0, 0.1) is 5.92 Å². The number of carbonyl (C=O) groups is 1. The zero-order valence-corrected chi connectivity index (χ0v) is 22.0. The van der Waals surface area contributed by atoms with Gasteiger partial charge in [0.1, 0.15) is 5.60 Å². The molecule has 0 aromatic heterocycles. The lowest BCUT2D eigenvalue weighted by molar-refractivity contribution is 0.0636. The molecule has 0 bridgehead atoms. The molecular formula is C23H40IN5O2. The lowest BCUT2D eigenvalue weighted by atomic mass is 9.99. The molecule has 1 aromatic rings. The van der Waals surface area contributed by atoms with E-state index >= 15 is 0 Å². The highest BCUT2D eigenvalue weighted by atomic mass is 127. The summed E-state index contributed by atoms with van der Waals surface area (Å²) in [7, 11) is 2.19. The Morgan fingerprint density at radius 2 is 1.94 bits per heavy atom. The molecule has 0 aliphatic carbocycles. The van der Waals surface area contributed by atoms with Crippen molar-refractivity contribution in [1.29, 1.82) is 0 Å². The fourth-order valence-electron chi connectivity index (χ4n) is 3.49. The highest BCUT2D eigenvalue weighted by Crippen LogP contribution is 2.15. The maximum atomic E-state index is 11.8. The zero-order chi connectivity index (χ0) is 22.0. The van der Waals surface area contributed by atoms with E-state index in [2.05, 4.69) is 34.8 Å². The Bertz CT molecular complexity index is 688. The average Bonchev–Trinajstić information content (AvgIpc) is 2.66. The molecule has 8 heteroatoms. The minimum Gasteiger partial charge on any atom is -0.444 e. The van der Waals surface area contributed by atoms with Gasteiger partial charge in [0.25, 0.3) is 0 Å². The fraction of sp³-hybridized carbons (Fsp3) is 0.652. The van der Waals surface area contributed by atoms with Gasteiger partial charge in [0, 0.05) is 31.9 Å². The molecule has 1 heterocycles. The molecule has 1 fully saturated rings. The first-order chi connectivity index (χ1) is 14.2. The predicted molar refractivity (Wildman–Crippen MR) is 140 cm³/mol. The van der Waals surface area contributed by atoms with Gasteiger partial charge in [-0.1, -0.05) is 12.1 Å². The summed E-state index contributed by atoms with van der Waals surface area (Å²) in [4.78, 5) is 19.0. The fourth-order valence-corrected chi connectivity index (χ4v) is 3.49. The first-order valence-electron chi connectivity index (χ1n) is 11.0. The standard InChI is InChI=1S/C23H39N5O2.HI/c1-6-24-21(26-16-19-8-7-15-28(5)17-19)25-14-13-18-9-11-20(12-10-18)27-22(29)30-23(2,3)4;/h9-12,19H,6-8,13-17H2,1-5H3,(H,27,29)(H2,24,25,26);1H. The number of benzene rings is 1. The van der Waals surface area contributed by atoms with Gasteiger partial charge < -0.3 is 20.3 Å². The van der Waals surface area contributed by atoms with Crippen molar-refractivity contribution in [2.45, 2.75) is 52.6 Å². The first-order valence-corrected chi connectivity index (χ1v) is 11.0. The number of nitrogens with one attached hydrogen (secondary N) is 3. The molecule has 0 spiro atoms. The Balaban J connectivity index is 0.00000480. The number of halogens is 1. The number of amides is 1. The van der Waals surface area contributed by atoms with Crippen LogP contribution in [0.3, 0.4) is 0 Å². The number of hydrogen-bond donors (Lipinski definition) is 3. The van der Waals surface area contributed by atoms with Crippen LogP contribution >= 0.6 is 24.0 Å². The summed E-state index contributed by atoms with van der Waals surface area (Å²) < 4.78 is 5.28. The molecule has 0 saturated carbocycles. The number of ether oxygens (including phenoxy) is 1. The van der Waals surface area contributed by atoms with E-state index in [-0.39, 0.29) is 24.0 Å². The van der Waals surface area contributed by atoms with Gasteiger partial charge in [-0.15, -0.1) is 24.0 Å². The summed E-state index contributed by atoms with van der Waals surface area (Å²) >= 11 is 0. The van der Waals surface area contributed by atoms with E-state index in [1.807, 2.05) is 45.0 Å². The van der Waals surface area contributed by atoms with Crippen molar-refractivity contribution in [1.82, 2.24) is 15.5 Å². The number of carbonyl (C=O) groups excluding carboxylic acids is 1. The second kappa shape index (κ2) is 13.8. The molecule has 2 rings (SSSR count). The molecule has 1 saturated heterocycles. The van der Waals surface area contributed by atoms with Crippen LogP contribution in [0.1, 0.15) is 46.1 Å². The zero-order valence-electron chi connectivity index (χ0n) is 19.7. The quantitative estimate of drug-likeness (QED) is 0.274. The summed E-state index contributed by atoms with van der Waals surface area (Å²) in [5, 5.41) is 9.52. The molecule has 1 aliphatic rings. The van der Waals surface area contributed by atoms with Gasteiger partial charge in [0.05, 0.1) is 0 Å². The van der Waals surface area contributed by atoms with Gasteiger partial charge in [-0.2, -0.15) is 0 Å². The van der Waals surface area contributed by atoms with Crippen LogP contribution in [0.2, 0.25) is 0 Å². The third-order valence-corrected chi connectivity index (χ3v) is 4.88. The minimum atomic E-state index is -0.506. The van der Waals surface area contributed by atoms with Crippen LogP contribution < -0.4 is 16.0 Å². The molecule has 3 N–H and O–H groups in total. The molecule has 1 aliphatic heterocycles. The predicted octanol–water partition coefficient (Wildman–Crippen LogP) is 4.09. The Labute approximate surface area is 204 Å². The monoisotopic (exact) mass is 545 g/mol. The number of rotatable bonds is 7. The van der Waals surface area contributed by atoms with E-state index in [1.54, 1.807) is 0 Å². The van der Waals surface area contributed by atoms with Crippen molar-refractivity contribution >= 4 is 41.7 Å². The number of piperidine rings is 1. The summed E-state index contributed by atoms with van der Waals surface area (Å²) in [6.45, 7) is 12.5. The first kappa shape index (κ1) is 27.5. The molecule has 176 valence electrons. The van der Waals surface area contributed by atoms with Gasteiger partial charge in [-0.3, -0.25) is 10.3 Å². The number of nitrogens with zero attached hydrogens (tertiary/aromatic N) is 2. The number of aliphatic imine (C=N–C) groups is 1. The van der Waals surface area contributed by atoms with E-state index in [1.165, 1.54) is 24.9 Å². The van der Waals surface area contributed by atoms with Crippen molar-refractivity contribution in [3.05, 3.63) is 29.8 Å². The van der Waals surface area contributed by atoms with Crippen molar-refractivity contribution in [3.8, 4) is 0 Å². The van der Waals surface area contributed by atoms with Gasteiger partial charge in [-0.25, -0.2) is 4.79 Å². The number of anilines is 1. The van der Waals surface area contributed by atoms with Gasteiger partial charge in [0.15, 0.2) is 5.96 Å². The SMILES string of the molecule is CCNC(=NCC1CCCN(C)C1)NCCc1ccc(NC(=O)OC(C)(C)C)cc1.I. The lowest BCUT2D eigenvalue weighted by Gasteiger charge is -2.28. The topological polar surface area (TPSA) is 78.0 Å². The third kappa shape index (κ3) is 11.6. The molecule has 1 unspecified atom stereocenters. The summed E-state index contributed by atoms with van der Waals surface area (Å²) in [6.07, 6.45) is 2.97. The van der Waals surface area contributed by atoms with Crippen LogP contribution in [0.15, 0.2) is 29.3 Å². The van der Waals surface area contributed by atoms with Crippen LogP contribution in [-0.4, -0.2) is 62.3 Å². The Hall–Kier alpha value is -1.55. The van der Waals surface area contributed by atoms with Crippen molar-refractivity contribution in [2.75, 3.05) is 45.1 Å². The summed E-state index contributed by atoms with van der Waals surface area (Å²) in [5.41, 5.74) is 1.42. The van der Waals surface area contributed by atoms with Crippen molar-refractivity contribution in [3.63, 3.8) is 0 Å². The highest BCUT2D eigenvalue weighted by molar-refractivity contribution is 14.0. The number of likely N-dealkylation sites (tertiary alicyclic amines) is 1. The maximum absolute atomic E-state index is 11.8. The molecule has 1 amide bonds. The summed E-state index contributed by atoms with van der Waals surface area (Å²) in [5.74, 6) is 1.53. The van der Waals surface area contributed by atoms with E-state index in [4.69, 9.17) is 9.73 Å². The largest absolute Gasteiger partial charge is 0.444 e. The Morgan fingerprint density at radius 3 is 2.55 bits per heavy atom. The van der Waals surface area contributed by atoms with E-state index in [0.29, 0.717) is 5.92 Å². The van der Waals surface area contributed by atoms with E-state index < -0.39 is 11.7 Å². The number of guanidine groups is 1. The maximum Gasteiger partial charge on any atom is 0.412 e. The Kier molecular flexibility index (Phi) is 12.2. The molecular weight excluding hydrogens is 505 g/mol. The second-order valence-corrected chi connectivity index (χ2v) is 8.99. The molecule has 1 aromatic carbocycles. The third-order valence-electron chi connectivity index (χ3n) is 4.88. The van der Waals surface area contributed by atoms with Crippen LogP contribution in [-0.2, 0) is 11.2 Å². The second-order valence-electron chi connectivity index (χ2n) is 8.99.